The first kappa shape index (κ1) is 20.1. The molecule has 28 heavy (non-hydrogen) atoms. The van der Waals surface area contributed by atoms with Gasteiger partial charge in [0.1, 0.15) is 22.8 Å². The molecule has 3 rings (SSSR count). The van der Waals surface area contributed by atoms with Crippen LogP contribution >= 0.6 is 11.6 Å². The first-order valence-corrected chi connectivity index (χ1v) is 8.69. The van der Waals surface area contributed by atoms with Crippen molar-refractivity contribution < 1.29 is 27.1 Å². The predicted molar refractivity (Wildman–Crippen MR) is 94.3 cm³/mol. The summed E-state index contributed by atoms with van der Waals surface area (Å²) in [6.45, 7) is 3.41. The molecule has 0 bridgehead atoms. The van der Waals surface area contributed by atoms with Crippen LogP contribution in [0.1, 0.15) is 41.8 Å². The molecule has 2 aromatic rings. The van der Waals surface area contributed by atoms with Gasteiger partial charge in [0.2, 0.25) is 5.91 Å². The number of nitrogens with one attached hydrogen (secondary N) is 1. The number of aromatic nitrogens is 1. The summed E-state index contributed by atoms with van der Waals surface area (Å²) in [7, 11) is 0. The molecular weight excluding hydrogens is 400 g/mol. The van der Waals surface area contributed by atoms with Crippen molar-refractivity contribution in [1.29, 1.82) is 0 Å². The van der Waals surface area contributed by atoms with Crippen molar-refractivity contribution in [2.45, 2.75) is 31.2 Å². The number of halogens is 5. The van der Waals surface area contributed by atoms with E-state index in [1.807, 2.05) is 0 Å². The highest BCUT2D eigenvalue weighted by molar-refractivity contribution is 6.29. The number of hydrogen-bond acceptors (Lipinski definition) is 3. The lowest BCUT2D eigenvalue weighted by Crippen LogP contribution is -2.32. The van der Waals surface area contributed by atoms with Gasteiger partial charge in [-0.15, -0.1) is 0 Å². The van der Waals surface area contributed by atoms with Crippen LogP contribution in [0, 0.1) is 5.82 Å². The Morgan fingerprint density at radius 3 is 2.68 bits per heavy atom. The van der Waals surface area contributed by atoms with Gasteiger partial charge in [-0.2, -0.15) is 13.2 Å². The van der Waals surface area contributed by atoms with E-state index in [2.05, 4.69) is 16.9 Å². The third kappa shape index (κ3) is 4.27. The highest BCUT2D eigenvalue weighted by Crippen LogP contribution is 2.39. The van der Waals surface area contributed by atoms with Crippen molar-refractivity contribution in [3.63, 3.8) is 0 Å². The molecule has 0 spiro atoms. The number of carbonyl (C=O) groups excluding carboxylic acids is 1. The van der Waals surface area contributed by atoms with Crippen LogP contribution < -0.4 is 10.1 Å². The summed E-state index contributed by atoms with van der Waals surface area (Å²) in [6, 6.07) is 5.30. The SMILES string of the molecule is C=CC(=O)NC1CCC(Oc2ccc(C(F)(F)F)c(F)c2)c2nc(Cl)ccc21. The molecule has 2 atom stereocenters. The number of ether oxygens (including phenoxy) is 1. The number of benzene rings is 1. The van der Waals surface area contributed by atoms with E-state index in [9.17, 15) is 22.4 Å². The number of hydrogen-bond donors (Lipinski definition) is 1. The third-order valence-electron chi connectivity index (χ3n) is 4.35. The maximum Gasteiger partial charge on any atom is 0.419 e. The average molecular weight is 415 g/mol. The molecule has 1 heterocycles. The maximum absolute atomic E-state index is 13.8. The van der Waals surface area contributed by atoms with Gasteiger partial charge in [0.15, 0.2) is 0 Å². The molecule has 0 saturated heterocycles. The molecule has 0 radical (unpaired) electrons. The second-order valence-electron chi connectivity index (χ2n) is 6.20. The largest absolute Gasteiger partial charge is 0.484 e. The van der Waals surface area contributed by atoms with Crippen LogP contribution in [0.5, 0.6) is 5.75 Å². The van der Waals surface area contributed by atoms with Crippen molar-refractivity contribution >= 4 is 17.5 Å². The summed E-state index contributed by atoms with van der Waals surface area (Å²) >= 11 is 5.97. The maximum atomic E-state index is 13.8. The number of amides is 1. The van der Waals surface area contributed by atoms with E-state index in [4.69, 9.17) is 16.3 Å². The molecule has 2 unspecified atom stereocenters. The summed E-state index contributed by atoms with van der Waals surface area (Å²) < 4.78 is 57.6. The number of alkyl halides is 3. The molecule has 1 aliphatic rings. The highest BCUT2D eigenvalue weighted by Gasteiger charge is 2.35. The van der Waals surface area contributed by atoms with Gasteiger partial charge in [-0.3, -0.25) is 4.79 Å². The van der Waals surface area contributed by atoms with Gasteiger partial charge in [-0.05, 0) is 42.7 Å². The quantitative estimate of drug-likeness (QED) is 0.427. The van der Waals surface area contributed by atoms with E-state index in [-0.39, 0.29) is 22.9 Å². The van der Waals surface area contributed by atoms with E-state index in [0.29, 0.717) is 36.2 Å². The third-order valence-corrected chi connectivity index (χ3v) is 4.56. The lowest BCUT2D eigenvalue weighted by molar-refractivity contribution is -0.140. The zero-order chi connectivity index (χ0) is 20.5. The minimum Gasteiger partial charge on any atom is -0.484 e. The van der Waals surface area contributed by atoms with Crippen molar-refractivity contribution in [3.05, 3.63) is 70.8 Å². The zero-order valence-electron chi connectivity index (χ0n) is 14.4. The summed E-state index contributed by atoms with van der Waals surface area (Å²) in [6.07, 6.45) is -3.40. The molecule has 0 fully saturated rings. The Labute approximate surface area is 163 Å². The van der Waals surface area contributed by atoms with Gasteiger partial charge in [-0.25, -0.2) is 9.37 Å². The van der Waals surface area contributed by atoms with E-state index in [1.54, 1.807) is 12.1 Å². The van der Waals surface area contributed by atoms with Crippen LogP contribution in [-0.2, 0) is 11.0 Å². The Morgan fingerprint density at radius 1 is 1.29 bits per heavy atom. The monoisotopic (exact) mass is 414 g/mol. The summed E-state index contributed by atoms with van der Waals surface area (Å²) in [5.74, 6) is -1.83. The summed E-state index contributed by atoms with van der Waals surface area (Å²) in [5, 5.41) is 2.98. The first-order valence-electron chi connectivity index (χ1n) is 8.31. The van der Waals surface area contributed by atoms with Gasteiger partial charge in [-0.1, -0.05) is 24.2 Å². The normalized spacial score (nSPS) is 18.9. The first-order chi connectivity index (χ1) is 13.2. The molecule has 4 nitrogen and oxygen atoms in total. The van der Waals surface area contributed by atoms with Gasteiger partial charge in [0, 0.05) is 6.07 Å². The summed E-state index contributed by atoms with van der Waals surface area (Å²) in [4.78, 5) is 15.9. The minimum absolute atomic E-state index is 0.0585. The second kappa shape index (κ2) is 7.79. The van der Waals surface area contributed by atoms with Gasteiger partial charge < -0.3 is 10.1 Å². The van der Waals surface area contributed by atoms with Crippen molar-refractivity contribution in [2.75, 3.05) is 0 Å². The topological polar surface area (TPSA) is 51.2 Å². The van der Waals surface area contributed by atoms with E-state index < -0.39 is 23.7 Å². The lowest BCUT2D eigenvalue weighted by atomic mass is 9.89. The number of pyridine rings is 1. The number of nitrogens with zero attached hydrogens (tertiary/aromatic N) is 1. The highest BCUT2D eigenvalue weighted by atomic mass is 35.5. The molecule has 0 saturated carbocycles. The Morgan fingerprint density at radius 2 is 2.04 bits per heavy atom. The van der Waals surface area contributed by atoms with Crippen LogP contribution in [0.25, 0.3) is 0 Å². The fraction of sp³-hybridized carbons (Fsp3) is 0.263. The molecule has 1 amide bonds. The Balaban J connectivity index is 1.88. The van der Waals surface area contributed by atoms with E-state index in [1.165, 1.54) is 0 Å². The van der Waals surface area contributed by atoms with Crippen molar-refractivity contribution in [1.82, 2.24) is 10.3 Å². The molecule has 9 heteroatoms. The predicted octanol–water partition coefficient (Wildman–Crippen LogP) is 5.15. The molecule has 1 aromatic heterocycles. The average Bonchev–Trinajstić information content (AvgIpc) is 2.62. The zero-order valence-corrected chi connectivity index (χ0v) is 15.1. The molecule has 1 N–H and O–H groups in total. The van der Waals surface area contributed by atoms with Crippen LogP contribution in [-0.4, -0.2) is 10.9 Å². The second-order valence-corrected chi connectivity index (χ2v) is 6.58. The van der Waals surface area contributed by atoms with Gasteiger partial charge >= 0.3 is 6.18 Å². The number of carbonyl (C=O) groups is 1. The van der Waals surface area contributed by atoms with Crippen LogP contribution in [0.2, 0.25) is 5.15 Å². The van der Waals surface area contributed by atoms with E-state index >= 15 is 0 Å². The molecule has 1 aliphatic carbocycles. The molecule has 0 aliphatic heterocycles. The minimum atomic E-state index is -4.79. The number of rotatable bonds is 4. The van der Waals surface area contributed by atoms with Crippen molar-refractivity contribution in [3.8, 4) is 5.75 Å². The fourth-order valence-electron chi connectivity index (χ4n) is 3.08. The Bertz CT molecular complexity index is 917. The standard InChI is InChI=1S/C19H15ClF4N2O2/c1-2-17(27)25-14-6-7-15(18-11(14)4-8-16(20)26-18)28-10-3-5-12(13(21)9-10)19(22,23)24/h2-5,8-9,14-15H,1,6-7H2,(H,25,27). The Kier molecular flexibility index (Phi) is 5.60. The summed E-state index contributed by atoms with van der Waals surface area (Å²) in [5.41, 5.74) is -0.256. The van der Waals surface area contributed by atoms with Crippen molar-refractivity contribution in [2.24, 2.45) is 0 Å². The van der Waals surface area contributed by atoms with Crippen LogP contribution in [0.15, 0.2) is 43.0 Å². The number of fused-ring (bicyclic) bond motifs is 1. The lowest BCUT2D eigenvalue weighted by Gasteiger charge is -2.31. The fourth-order valence-corrected chi connectivity index (χ4v) is 3.24. The smallest absolute Gasteiger partial charge is 0.419 e. The van der Waals surface area contributed by atoms with Gasteiger partial charge in [0.05, 0.1) is 17.3 Å². The van der Waals surface area contributed by atoms with Crippen LogP contribution in [0.3, 0.4) is 0 Å². The molecule has 1 aromatic carbocycles. The van der Waals surface area contributed by atoms with E-state index in [0.717, 1.165) is 12.1 Å². The van der Waals surface area contributed by atoms with Crippen LogP contribution in [0.4, 0.5) is 17.6 Å². The molecule has 148 valence electrons. The molecular formula is C19H15ClF4N2O2. The Hall–Kier alpha value is -2.61. The van der Waals surface area contributed by atoms with Gasteiger partial charge in [0.25, 0.3) is 0 Å².